The zero-order valence-electron chi connectivity index (χ0n) is 8.99. The molecule has 0 fully saturated rings. The summed E-state index contributed by atoms with van der Waals surface area (Å²) in [6.45, 7) is 3.84. The standard InChI is InChI=1S/C9H12ClN3O2S/c1-3-15-6(14)4-16-8-7(10)5(2)12-9(11)13-8/h3-4H2,1-2H3,(H2,11,12,13). The maximum atomic E-state index is 11.1. The summed E-state index contributed by atoms with van der Waals surface area (Å²) in [5.41, 5.74) is 6.08. The first-order chi connectivity index (χ1) is 7.54. The highest BCUT2D eigenvalue weighted by molar-refractivity contribution is 8.00. The summed E-state index contributed by atoms with van der Waals surface area (Å²) < 4.78 is 4.79. The fraction of sp³-hybridized carbons (Fsp3) is 0.444. The number of carbonyl (C=O) groups excluding carboxylic acids is 1. The Morgan fingerprint density at radius 3 is 2.88 bits per heavy atom. The molecule has 1 rings (SSSR count). The van der Waals surface area contributed by atoms with Gasteiger partial charge < -0.3 is 10.5 Å². The third-order valence-electron chi connectivity index (χ3n) is 1.64. The number of thioether (sulfide) groups is 1. The Kier molecular flexibility index (Phi) is 4.82. The number of aromatic nitrogens is 2. The molecule has 2 N–H and O–H groups in total. The highest BCUT2D eigenvalue weighted by Crippen LogP contribution is 2.27. The second-order valence-corrected chi connectivity index (χ2v) is 4.22. The van der Waals surface area contributed by atoms with Crippen LogP contribution in [0.4, 0.5) is 5.95 Å². The van der Waals surface area contributed by atoms with Crippen LogP contribution in [-0.4, -0.2) is 28.3 Å². The van der Waals surface area contributed by atoms with Crippen LogP contribution in [-0.2, 0) is 9.53 Å². The van der Waals surface area contributed by atoms with Crippen molar-refractivity contribution in [2.75, 3.05) is 18.1 Å². The van der Waals surface area contributed by atoms with Gasteiger partial charge in [-0.15, -0.1) is 0 Å². The van der Waals surface area contributed by atoms with E-state index in [1.165, 1.54) is 11.8 Å². The zero-order valence-corrected chi connectivity index (χ0v) is 10.6. The van der Waals surface area contributed by atoms with Crippen LogP contribution in [0.1, 0.15) is 12.6 Å². The minimum atomic E-state index is -0.307. The highest BCUT2D eigenvalue weighted by Gasteiger charge is 2.11. The van der Waals surface area contributed by atoms with Crippen LogP contribution < -0.4 is 5.73 Å². The maximum Gasteiger partial charge on any atom is 0.316 e. The molecule has 0 atom stereocenters. The van der Waals surface area contributed by atoms with Crippen molar-refractivity contribution < 1.29 is 9.53 Å². The quantitative estimate of drug-likeness (QED) is 0.505. The van der Waals surface area contributed by atoms with Crippen LogP contribution in [0.15, 0.2) is 5.03 Å². The number of nitrogens with zero attached hydrogens (tertiary/aromatic N) is 2. The molecule has 0 radical (unpaired) electrons. The van der Waals surface area contributed by atoms with E-state index in [-0.39, 0.29) is 17.7 Å². The number of hydrogen-bond acceptors (Lipinski definition) is 6. The molecular weight excluding hydrogens is 250 g/mol. The van der Waals surface area contributed by atoms with Crippen molar-refractivity contribution in [2.24, 2.45) is 0 Å². The Morgan fingerprint density at radius 2 is 2.25 bits per heavy atom. The monoisotopic (exact) mass is 261 g/mol. The number of hydrogen-bond donors (Lipinski definition) is 1. The number of nitrogen functional groups attached to an aromatic ring is 1. The number of halogens is 1. The van der Waals surface area contributed by atoms with Crippen LogP contribution in [0.5, 0.6) is 0 Å². The van der Waals surface area contributed by atoms with Crippen molar-refractivity contribution in [2.45, 2.75) is 18.9 Å². The molecule has 1 heterocycles. The van der Waals surface area contributed by atoms with E-state index in [1.54, 1.807) is 13.8 Å². The molecule has 0 saturated carbocycles. The molecule has 0 aliphatic heterocycles. The molecule has 0 amide bonds. The lowest BCUT2D eigenvalue weighted by Gasteiger charge is -2.05. The first-order valence-corrected chi connectivity index (χ1v) is 5.99. The normalized spacial score (nSPS) is 10.2. The molecule has 5 nitrogen and oxygen atoms in total. The van der Waals surface area contributed by atoms with Crippen molar-refractivity contribution >= 4 is 35.3 Å². The molecule has 0 saturated heterocycles. The minimum Gasteiger partial charge on any atom is -0.465 e. The van der Waals surface area contributed by atoms with E-state index in [2.05, 4.69) is 9.97 Å². The molecule has 7 heteroatoms. The second kappa shape index (κ2) is 5.91. The summed E-state index contributed by atoms with van der Waals surface area (Å²) in [6.07, 6.45) is 0. The number of nitrogens with two attached hydrogens (primary N) is 1. The molecule has 0 aliphatic carbocycles. The van der Waals surface area contributed by atoms with Gasteiger partial charge in [0, 0.05) is 0 Å². The molecule has 16 heavy (non-hydrogen) atoms. The van der Waals surface area contributed by atoms with Gasteiger partial charge in [0.25, 0.3) is 0 Å². The van der Waals surface area contributed by atoms with E-state index in [0.29, 0.717) is 22.3 Å². The summed E-state index contributed by atoms with van der Waals surface area (Å²) >= 11 is 7.16. The van der Waals surface area contributed by atoms with E-state index < -0.39 is 0 Å². The topological polar surface area (TPSA) is 78.1 Å². The number of esters is 1. The molecular formula is C9H12ClN3O2S. The Labute approximate surface area is 103 Å². The average Bonchev–Trinajstić information content (AvgIpc) is 2.21. The second-order valence-electron chi connectivity index (χ2n) is 2.88. The molecule has 1 aromatic rings. The number of ether oxygens (including phenoxy) is 1. The van der Waals surface area contributed by atoms with Gasteiger partial charge in [-0.25, -0.2) is 9.97 Å². The summed E-state index contributed by atoms with van der Waals surface area (Å²) in [4.78, 5) is 19.0. The molecule has 0 aromatic carbocycles. The van der Waals surface area contributed by atoms with Gasteiger partial charge in [0.2, 0.25) is 5.95 Å². The summed E-state index contributed by atoms with van der Waals surface area (Å²) in [7, 11) is 0. The smallest absolute Gasteiger partial charge is 0.316 e. The maximum absolute atomic E-state index is 11.1. The summed E-state index contributed by atoms with van der Waals surface area (Å²) in [6, 6.07) is 0. The van der Waals surface area contributed by atoms with Crippen molar-refractivity contribution in [1.29, 1.82) is 0 Å². The van der Waals surface area contributed by atoms with Gasteiger partial charge in [0.05, 0.1) is 23.1 Å². The number of carbonyl (C=O) groups is 1. The van der Waals surface area contributed by atoms with Gasteiger partial charge in [0.1, 0.15) is 5.03 Å². The van der Waals surface area contributed by atoms with Gasteiger partial charge in [0.15, 0.2) is 0 Å². The van der Waals surface area contributed by atoms with Crippen LogP contribution in [0, 0.1) is 6.92 Å². The van der Waals surface area contributed by atoms with E-state index in [1.807, 2.05) is 0 Å². The predicted molar refractivity (Wildman–Crippen MR) is 63.5 cm³/mol. The molecule has 0 aliphatic rings. The van der Waals surface area contributed by atoms with Crippen LogP contribution >= 0.6 is 23.4 Å². The average molecular weight is 262 g/mol. The van der Waals surface area contributed by atoms with Crippen LogP contribution in [0.3, 0.4) is 0 Å². The van der Waals surface area contributed by atoms with Gasteiger partial charge in [-0.05, 0) is 13.8 Å². The largest absolute Gasteiger partial charge is 0.465 e. The fourth-order valence-corrected chi connectivity index (χ4v) is 2.00. The van der Waals surface area contributed by atoms with Gasteiger partial charge in [-0.3, -0.25) is 4.79 Å². The first kappa shape index (κ1) is 13.1. The Morgan fingerprint density at radius 1 is 1.56 bits per heavy atom. The SMILES string of the molecule is CCOC(=O)CSc1nc(N)nc(C)c1Cl. The number of anilines is 1. The first-order valence-electron chi connectivity index (χ1n) is 4.62. The summed E-state index contributed by atoms with van der Waals surface area (Å²) in [5, 5.41) is 0.920. The Balaban J connectivity index is 2.70. The molecule has 0 spiro atoms. The third kappa shape index (κ3) is 3.53. The van der Waals surface area contributed by atoms with Crippen molar-refractivity contribution in [3.63, 3.8) is 0 Å². The lowest BCUT2D eigenvalue weighted by Crippen LogP contribution is -2.07. The van der Waals surface area contributed by atoms with Gasteiger partial charge >= 0.3 is 5.97 Å². The Hall–Kier alpha value is -1.01. The van der Waals surface area contributed by atoms with E-state index in [0.717, 1.165) is 0 Å². The molecule has 88 valence electrons. The third-order valence-corrected chi connectivity index (χ3v) is 3.15. The lowest BCUT2D eigenvalue weighted by atomic mass is 10.4. The van der Waals surface area contributed by atoms with Crippen molar-refractivity contribution in [1.82, 2.24) is 9.97 Å². The molecule has 1 aromatic heterocycles. The minimum absolute atomic E-state index is 0.147. The predicted octanol–water partition coefficient (Wildman–Crippen LogP) is 1.68. The lowest BCUT2D eigenvalue weighted by molar-refractivity contribution is -0.139. The van der Waals surface area contributed by atoms with Crippen molar-refractivity contribution in [3.05, 3.63) is 10.7 Å². The van der Waals surface area contributed by atoms with Crippen LogP contribution in [0.25, 0.3) is 0 Å². The zero-order chi connectivity index (χ0) is 12.1. The van der Waals surface area contributed by atoms with E-state index in [4.69, 9.17) is 22.1 Å². The van der Waals surface area contributed by atoms with Gasteiger partial charge in [-0.2, -0.15) is 0 Å². The van der Waals surface area contributed by atoms with E-state index >= 15 is 0 Å². The number of aryl methyl sites for hydroxylation is 1. The molecule has 0 unspecified atom stereocenters. The summed E-state index contributed by atoms with van der Waals surface area (Å²) in [5.74, 6) is -0.00429. The fourth-order valence-electron chi connectivity index (χ4n) is 0.979. The van der Waals surface area contributed by atoms with Gasteiger partial charge in [-0.1, -0.05) is 23.4 Å². The Bertz CT molecular complexity index is 401. The van der Waals surface area contributed by atoms with Crippen LogP contribution in [0.2, 0.25) is 5.02 Å². The molecule has 0 bridgehead atoms. The number of rotatable bonds is 4. The van der Waals surface area contributed by atoms with E-state index in [9.17, 15) is 4.79 Å². The van der Waals surface area contributed by atoms with Crippen molar-refractivity contribution in [3.8, 4) is 0 Å². The highest BCUT2D eigenvalue weighted by atomic mass is 35.5.